The maximum Gasteiger partial charge on any atom is 0.408 e. The molecule has 0 aliphatic rings. The number of aliphatic carboxylic acids is 1. The number of amides is 1. The standard InChI is InChI=1S/C10H19NO4S/c1-5-16-6-7(8(12)13)11-9(14)15-10(2,3)4/h7H,5-6H2,1-4H3,(H,11,14)(H,12,13)/t7-/m0/s1. The molecule has 0 rings (SSSR count). The summed E-state index contributed by atoms with van der Waals surface area (Å²) in [5.41, 5.74) is -0.620. The van der Waals surface area contributed by atoms with Gasteiger partial charge >= 0.3 is 12.1 Å². The highest BCUT2D eigenvalue weighted by atomic mass is 32.2. The van der Waals surface area contributed by atoms with Gasteiger partial charge in [0.15, 0.2) is 0 Å². The lowest BCUT2D eigenvalue weighted by atomic mass is 10.2. The predicted molar refractivity (Wildman–Crippen MR) is 63.8 cm³/mol. The van der Waals surface area contributed by atoms with Gasteiger partial charge in [0.25, 0.3) is 0 Å². The van der Waals surface area contributed by atoms with Gasteiger partial charge in [-0.3, -0.25) is 0 Å². The fraction of sp³-hybridized carbons (Fsp3) is 0.800. The molecule has 0 aliphatic carbocycles. The quantitative estimate of drug-likeness (QED) is 0.776. The molecule has 0 saturated heterocycles. The Hall–Kier alpha value is -0.910. The van der Waals surface area contributed by atoms with Crippen molar-refractivity contribution in [1.29, 1.82) is 0 Å². The van der Waals surface area contributed by atoms with Gasteiger partial charge in [-0.1, -0.05) is 6.92 Å². The van der Waals surface area contributed by atoms with E-state index in [1.54, 1.807) is 20.8 Å². The number of carboxylic acids is 1. The minimum atomic E-state index is -1.05. The maximum absolute atomic E-state index is 11.3. The molecule has 0 fully saturated rings. The predicted octanol–water partition coefficient (Wildman–Crippen LogP) is 1.72. The molecule has 6 heteroatoms. The number of ether oxygens (including phenoxy) is 1. The van der Waals surface area contributed by atoms with E-state index in [1.807, 2.05) is 6.92 Å². The van der Waals surface area contributed by atoms with Gasteiger partial charge in [-0.25, -0.2) is 9.59 Å². The zero-order valence-electron chi connectivity index (χ0n) is 10.1. The first-order valence-electron chi connectivity index (χ1n) is 5.06. The number of hydrogen-bond acceptors (Lipinski definition) is 4. The average molecular weight is 249 g/mol. The summed E-state index contributed by atoms with van der Waals surface area (Å²) in [6.45, 7) is 7.10. The third kappa shape index (κ3) is 7.39. The lowest BCUT2D eigenvalue weighted by Crippen LogP contribution is -2.44. The van der Waals surface area contributed by atoms with E-state index in [1.165, 1.54) is 11.8 Å². The van der Waals surface area contributed by atoms with Gasteiger partial charge in [0, 0.05) is 5.75 Å². The Kier molecular flexibility index (Phi) is 6.25. The van der Waals surface area contributed by atoms with E-state index in [0.29, 0.717) is 5.75 Å². The first-order valence-corrected chi connectivity index (χ1v) is 6.21. The van der Waals surface area contributed by atoms with Gasteiger partial charge in [0.05, 0.1) is 0 Å². The van der Waals surface area contributed by atoms with E-state index < -0.39 is 23.7 Å². The normalized spacial score (nSPS) is 13.0. The molecule has 0 unspecified atom stereocenters. The molecule has 0 aliphatic heterocycles. The van der Waals surface area contributed by atoms with E-state index in [9.17, 15) is 9.59 Å². The Morgan fingerprint density at radius 3 is 2.38 bits per heavy atom. The number of carbonyl (C=O) groups excluding carboxylic acids is 1. The summed E-state index contributed by atoms with van der Waals surface area (Å²) in [7, 11) is 0. The van der Waals surface area contributed by atoms with Crippen LogP contribution in [0.1, 0.15) is 27.7 Å². The van der Waals surface area contributed by atoms with Gasteiger partial charge in [0.1, 0.15) is 11.6 Å². The first-order chi connectivity index (χ1) is 7.26. The van der Waals surface area contributed by atoms with E-state index in [4.69, 9.17) is 9.84 Å². The van der Waals surface area contributed by atoms with E-state index in [-0.39, 0.29) is 0 Å². The van der Waals surface area contributed by atoms with Crippen molar-refractivity contribution in [3.05, 3.63) is 0 Å². The highest BCUT2D eigenvalue weighted by Gasteiger charge is 2.23. The Morgan fingerprint density at radius 1 is 1.44 bits per heavy atom. The Morgan fingerprint density at radius 2 is 2.00 bits per heavy atom. The topological polar surface area (TPSA) is 75.6 Å². The van der Waals surface area contributed by atoms with Gasteiger partial charge < -0.3 is 15.2 Å². The number of nitrogens with one attached hydrogen (secondary N) is 1. The van der Waals surface area contributed by atoms with Crippen LogP contribution in [-0.2, 0) is 9.53 Å². The van der Waals surface area contributed by atoms with Crippen LogP contribution < -0.4 is 5.32 Å². The largest absolute Gasteiger partial charge is 0.480 e. The van der Waals surface area contributed by atoms with Gasteiger partial charge in [0.2, 0.25) is 0 Å². The second-order valence-corrected chi connectivity index (χ2v) is 5.52. The van der Waals surface area contributed by atoms with E-state index >= 15 is 0 Å². The van der Waals surface area contributed by atoms with Crippen LogP contribution in [0.4, 0.5) is 4.79 Å². The van der Waals surface area contributed by atoms with Crippen molar-refractivity contribution in [2.24, 2.45) is 0 Å². The van der Waals surface area contributed by atoms with Crippen molar-refractivity contribution >= 4 is 23.8 Å². The van der Waals surface area contributed by atoms with Crippen LogP contribution in [0.2, 0.25) is 0 Å². The minimum Gasteiger partial charge on any atom is -0.480 e. The fourth-order valence-corrected chi connectivity index (χ4v) is 1.56. The minimum absolute atomic E-state index is 0.338. The van der Waals surface area contributed by atoms with Crippen LogP contribution in [-0.4, -0.2) is 40.3 Å². The molecular formula is C10H19NO4S. The van der Waals surface area contributed by atoms with Crippen LogP contribution in [0.5, 0.6) is 0 Å². The van der Waals surface area contributed by atoms with Crippen LogP contribution >= 0.6 is 11.8 Å². The molecule has 0 bridgehead atoms. The Bertz CT molecular complexity index is 250. The van der Waals surface area contributed by atoms with Crippen LogP contribution in [0.15, 0.2) is 0 Å². The monoisotopic (exact) mass is 249 g/mol. The SMILES string of the molecule is CCSC[C@H](NC(=O)OC(C)(C)C)C(=O)O. The molecule has 1 atom stereocenters. The summed E-state index contributed by atoms with van der Waals surface area (Å²) in [5.74, 6) is 0.0945. The molecule has 1 amide bonds. The lowest BCUT2D eigenvalue weighted by Gasteiger charge is -2.21. The molecule has 0 saturated carbocycles. The van der Waals surface area contributed by atoms with Crippen molar-refractivity contribution < 1.29 is 19.4 Å². The first kappa shape index (κ1) is 15.1. The number of carbonyl (C=O) groups is 2. The fourth-order valence-electron chi connectivity index (χ4n) is 0.860. The van der Waals surface area contributed by atoms with Crippen LogP contribution in [0, 0.1) is 0 Å². The summed E-state index contributed by atoms with van der Waals surface area (Å²) >= 11 is 1.45. The highest BCUT2D eigenvalue weighted by molar-refractivity contribution is 7.99. The van der Waals surface area contributed by atoms with Crippen molar-refractivity contribution in [2.75, 3.05) is 11.5 Å². The number of thioether (sulfide) groups is 1. The van der Waals surface area contributed by atoms with E-state index in [2.05, 4.69) is 5.32 Å². The zero-order chi connectivity index (χ0) is 12.8. The molecule has 5 nitrogen and oxygen atoms in total. The van der Waals surface area contributed by atoms with Gasteiger partial charge in [-0.2, -0.15) is 11.8 Å². The van der Waals surface area contributed by atoms with Crippen molar-refractivity contribution in [2.45, 2.75) is 39.3 Å². The summed E-state index contributed by atoms with van der Waals surface area (Å²) in [6.07, 6.45) is -0.698. The van der Waals surface area contributed by atoms with Gasteiger partial charge in [-0.05, 0) is 26.5 Å². The molecule has 0 aromatic heterocycles. The van der Waals surface area contributed by atoms with Gasteiger partial charge in [-0.15, -0.1) is 0 Å². The molecule has 0 heterocycles. The molecule has 2 N–H and O–H groups in total. The summed E-state index contributed by atoms with van der Waals surface area (Å²) in [6, 6.07) is -0.903. The van der Waals surface area contributed by atoms with Crippen molar-refractivity contribution in [3.63, 3.8) is 0 Å². The third-order valence-electron chi connectivity index (χ3n) is 1.48. The second-order valence-electron chi connectivity index (χ2n) is 4.20. The van der Waals surface area contributed by atoms with Crippen LogP contribution in [0.25, 0.3) is 0 Å². The number of carboxylic acid groups (broad SMARTS) is 1. The van der Waals surface area contributed by atoms with Crippen molar-refractivity contribution in [3.8, 4) is 0 Å². The molecular weight excluding hydrogens is 230 g/mol. The molecule has 0 aromatic rings. The second kappa shape index (κ2) is 6.62. The van der Waals surface area contributed by atoms with E-state index in [0.717, 1.165) is 5.75 Å². The smallest absolute Gasteiger partial charge is 0.408 e. The van der Waals surface area contributed by atoms with Crippen molar-refractivity contribution in [1.82, 2.24) is 5.32 Å². The molecule has 0 radical (unpaired) electrons. The Balaban J connectivity index is 4.19. The highest BCUT2D eigenvalue weighted by Crippen LogP contribution is 2.08. The summed E-state index contributed by atoms with van der Waals surface area (Å²) in [5, 5.41) is 11.2. The molecule has 16 heavy (non-hydrogen) atoms. The number of alkyl carbamates (subject to hydrolysis) is 1. The molecule has 0 spiro atoms. The number of rotatable bonds is 5. The van der Waals surface area contributed by atoms with Crippen LogP contribution in [0.3, 0.4) is 0 Å². The Labute approximate surface area is 99.9 Å². The lowest BCUT2D eigenvalue weighted by molar-refractivity contribution is -0.138. The zero-order valence-corrected chi connectivity index (χ0v) is 10.9. The summed E-state index contributed by atoms with van der Waals surface area (Å²) < 4.78 is 4.98. The molecule has 0 aromatic carbocycles. The molecule has 94 valence electrons. The summed E-state index contributed by atoms with van der Waals surface area (Å²) in [4.78, 5) is 22.2. The average Bonchev–Trinajstić information content (AvgIpc) is 2.08. The maximum atomic E-state index is 11.3. The number of hydrogen-bond donors (Lipinski definition) is 2. The third-order valence-corrected chi connectivity index (χ3v) is 2.45.